The highest BCUT2D eigenvalue weighted by Gasteiger charge is 2.09. The lowest BCUT2D eigenvalue weighted by atomic mass is 10.1. The molecule has 0 aliphatic carbocycles. The van der Waals surface area contributed by atoms with Crippen molar-refractivity contribution in [1.82, 2.24) is 15.1 Å². The van der Waals surface area contributed by atoms with E-state index in [1.807, 2.05) is 52.5 Å². The number of para-hydroxylation sites is 1. The summed E-state index contributed by atoms with van der Waals surface area (Å²) in [6.45, 7) is 1.06. The zero-order valence-corrected chi connectivity index (χ0v) is 13.1. The Labute approximate surface area is 126 Å². The molecule has 21 heavy (non-hydrogen) atoms. The highest BCUT2D eigenvalue weighted by Crippen LogP contribution is 2.14. The minimum atomic E-state index is -0.0768. The molecule has 1 aromatic rings. The number of hydrogen-bond acceptors (Lipinski definition) is 4. The molecule has 0 unspecified atom stereocenters. The van der Waals surface area contributed by atoms with Gasteiger partial charge in [0.25, 0.3) is 0 Å². The standard InChI is InChI=1S/C15H24N4O2/c1-18(2)10-14(20)16-9-12-7-5-6-8-13(12)17-15(21)11-19(3)4/h5-8H,9-11H2,1-4H3,(H,16,20)(H,17,21). The SMILES string of the molecule is CN(C)CC(=O)NCc1ccccc1NC(=O)CN(C)C. The summed E-state index contributed by atoms with van der Waals surface area (Å²) in [7, 11) is 7.36. The normalized spacial score (nSPS) is 10.8. The van der Waals surface area contributed by atoms with Crippen LogP contribution in [0, 0.1) is 0 Å². The van der Waals surface area contributed by atoms with Gasteiger partial charge in [0.1, 0.15) is 0 Å². The first-order valence-electron chi connectivity index (χ1n) is 6.82. The van der Waals surface area contributed by atoms with Gasteiger partial charge in [-0.2, -0.15) is 0 Å². The molecule has 0 aliphatic heterocycles. The molecule has 6 heteroatoms. The van der Waals surface area contributed by atoms with Crippen LogP contribution in [0.3, 0.4) is 0 Å². The molecule has 0 aliphatic rings. The number of carbonyl (C=O) groups is 2. The average molecular weight is 292 g/mol. The van der Waals surface area contributed by atoms with Crippen LogP contribution in [0.4, 0.5) is 5.69 Å². The van der Waals surface area contributed by atoms with Crippen LogP contribution in [0.15, 0.2) is 24.3 Å². The van der Waals surface area contributed by atoms with Crippen LogP contribution in [-0.2, 0) is 16.1 Å². The van der Waals surface area contributed by atoms with Crippen molar-refractivity contribution in [2.75, 3.05) is 46.6 Å². The van der Waals surface area contributed by atoms with Crippen molar-refractivity contribution >= 4 is 17.5 Å². The predicted molar refractivity (Wildman–Crippen MR) is 84.0 cm³/mol. The van der Waals surface area contributed by atoms with E-state index in [2.05, 4.69) is 10.6 Å². The van der Waals surface area contributed by atoms with Gasteiger partial charge in [-0.05, 0) is 39.8 Å². The van der Waals surface area contributed by atoms with Crippen LogP contribution in [0.2, 0.25) is 0 Å². The van der Waals surface area contributed by atoms with Gasteiger partial charge in [-0.3, -0.25) is 9.59 Å². The van der Waals surface area contributed by atoms with Crippen molar-refractivity contribution in [1.29, 1.82) is 0 Å². The van der Waals surface area contributed by atoms with E-state index in [1.54, 1.807) is 9.80 Å². The second-order valence-electron chi connectivity index (χ2n) is 5.46. The van der Waals surface area contributed by atoms with Gasteiger partial charge >= 0.3 is 0 Å². The summed E-state index contributed by atoms with van der Waals surface area (Å²) in [5.41, 5.74) is 1.62. The third-order valence-electron chi connectivity index (χ3n) is 2.69. The quantitative estimate of drug-likeness (QED) is 0.762. The molecule has 0 spiro atoms. The Morgan fingerprint density at radius 3 is 2.14 bits per heavy atom. The summed E-state index contributed by atoms with van der Waals surface area (Å²) in [6.07, 6.45) is 0. The number of likely N-dealkylation sites (N-methyl/N-ethyl adjacent to an activating group) is 2. The third-order valence-corrected chi connectivity index (χ3v) is 2.69. The third kappa shape index (κ3) is 6.87. The zero-order chi connectivity index (χ0) is 15.8. The molecule has 0 bridgehead atoms. The Morgan fingerprint density at radius 2 is 1.52 bits per heavy atom. The van der Waals surface area contributed by atoms with Crippen LogP contribution >= 0.6 is 0 Å². The summed E-state index contributed by atoms with van der Waals surface area (Å²) in [4.78, 5) is 27.1. The monoisotopic (exact) mass is 292 g/mol. The molecular formula is C15H24N4O2. The second-order valence-corrected chi connectivity index (χ2v) is 5.46. The molecule has 0 aromatic heterocycles. The molecule has 0 fully saturated rings. The molecular weight excluding hydrogens is 268 g/mol. The molecule has 0 radical (unpaired) electrons. The molecule has 6 nitrogen and oxygen atoms in total. The minimum Gasteiger partial charge on any atom is -0.351 e. The van der Waals surface area contributed by atoms with Gasteiger partial charge in [0.15, 0.2) is 0 Å². The number of hydrogen-bond donors (Lipinski definition) is 2. The van der Waals surface area contributed by atoms with Gasteiger partial charge in [-0.1, -0.05) is 18.2 Å². The van der Waals surface area contributed by atoms with Crippen LogP contribution in [0.25, 0.3) is 0 Å². The molecule has 1 aromatic carbocycles. The topological polar surface area (TPSA) is 64.7 Å². The fraction of sp³-hybridized carbons (Fsp3) is 0.467. The zero-order valence-electron chi connectivity index (χ0n) is 13.1. The summed E-state index contributed by atoms with van der Waals surface area (Å²) in [5.74, 6) is -0.124. The van der Waals surface area contributed by atoms with Gasteiger partial charge in [0, 0.05) is 12.2 Å². The Bertz CT molecular complexity index is 486. The molecule has 2 amide bonds. The van der Waals surface area contributed by atoms with E-state index in [9.17, 15) is 9.59 Å². The first-order chi connectivity index (χ1) is 9.88. The van der Waals surface area contributed by atoms with E-state index in [4.69, 9.17) is 0 Å². The average Bonchev–Trinajstić information content (AvgIpc) is 2.35. The van der Waals surface area contributed by atoms with E-state index in [0.717, 1.165) is 11.3 Å². The van der Waals surface area contributed by atoms with E-state index in [-0.39, 0.29) is 11.8 Å². The number of anilines is 1. The molecule has 0 saturated heterocycles. The van der Waals surface area contributed by atoms with Gasteiger partial charge in [0.2, 0.25) is 11.8 Å². The van der Waals surface area contributed by atoms with E-state index in [0.29, 0.717) is 19.6 Å². The Morgan fingerprint density at radius 1 is 0.952 bits per heavy atom. The van der Waals surface area contributed by atoms with Crippen LogP contribution in [-0.4, -0.2) is 62.9 Å². The van der Waals surface area contributed by atoms with Crippen molar-refractivity contribution < 1.29 is 9.59 Å². The van der Waals surface area contributed by atoms with Gasteiger partial charge < -0.3 is 20.4 Å². The first kappa shape index (κ1) is 17.1. The lowest BCUT2D eigenvalue weighted by Crippen LogP contribution is -2.33. The van der Waals surface area contributed by atoms with Crippen molar-refractivity contribution in [2.24, 2.45) is 0 Å². The first-order valence-corrected chi connectivity index (χ1v) is 6.82. The molecule has 1 rings (SSSR count). The molecule has 2 N–H and O–H groups in total. The van der Waals surface area contributed by atoms with Crippen LogP contribution < -0.4 is 10.6 Å². The fourth-order valence-electron chi connectivity index (χ4n) is 1.81. The maximum Gasteiger partial charge on any atom is 0.238 e. The van der Waals surface area contributed by atoms with E-state index in [1.165, 1.54) is 0 Å². The largest absolute Gasteiger partial charge is 0.351 e. The smallest absolute Gasteiger partial charge is 0.238 e. The number of amides is 2. The fourth-order valence-corrected chi connectivity index (χ4v) is 1.81. The number of nitrogens with one attached hydrogen (secondary N) is 2. The number of rotatable bonds is 7. The highest BCUT2D eigenvalue weighted by molar-refractivity contribution is 5.93. The van der Waals surface area contributed by atoms with E-state index < -0.39 is 0 Å². The van der Waals surface area contributed by atoms with Crippen LogP contribution in [0.5, 0.6) is 0 Å². The van der Waals surface area contributed by atoms with Gasteiger partial charge in [-0.25, -0.2) is 0 Å². The molecule has 0 heterocycles. The van der Waals surface area contributed by atoms with Crippen molar-refractivity contribution in [2.45, 2.75) is 6.54 Å². The highest BCUT2D eigenvalue weighted by atomic mass is 16.2. The number of nitrogens with zero attached hydrogens (tertiary/aromatic N) is 2. The predicted octanol–water partition coefficient (Wildman–Crippen LogP) is 0.365. The van der Waals surface area contributed by atoms with Crippen molar-refractivity contribution in [3.05, 3.63) is 29.8 Å². The Balaban J connectivity index is 2.62. The molecule has 0 atom stereocenters. The van der Waals surface area contributed by atoms with Crippen LogP contribution in [0.1, 0.15) is 5.56 Å². The Hall–Kier alpha value is -1.92. The number of carbonyl (C=O) groups excluding carboxylic acids is 2. The summed E-state index contributed by atoms with van der Waals surface area (Å²) >= 11 is 0. The van der Waals surface area contributed by atoms with Crippen molar-refractivity contribution in [3.63, 3.8) is 0 Å². The lowest BCUT2D eigenvalue weighted by molar-refractivity contribution is -0.121. The molecule has 116 valence electrons. The maximum absolute atomic E-state index is 11.8. The Kier molecular flexibility index (Phi) is 6.84. The second kappa shape index (κ2) is 8.39. The molecule has 0 saturated carbocycles. The summed E-state index contributed by atoms with van der Waals surface area (Å²) in [5, 5.41) is 5.71. The summed E-state index contributed by atoms with van der Waals surface area (Å²) in [6, 6.07) is 7.47. The minimum absolute atomic E-state index is 0.0468. The van der Waals surface area contributed by atoms with E-state index >= 15 is 0 Å². The lowest BCUT2D eigenvalue weighted by Gasteiger charge is -2.14. The van der Waals surface area contributed by atoms with Gasteiger partial charge in [0.05, 0.1) is 13.1 Å². The summed E-state index contributed by atoms with van der Waals surface area (Å²) < 4.78 is 0. The van der Waals surface area contributed by atoms with Crippen molar-refractivity contribution in [3.8, 4) is 0 Å². The van der Waals surface area contributed by atoms with Gasteiger partial charge in [-0.15, -0.1) is 0 Å². The number of benzene rings is 1. The maximum atomic E-state index is 11.8.